The van der Waals surface area contributed by atoms with Crippen LogP contribution in [-0.2, 0) is 12.8 Å². The van der Waals surface area contributed by atoms with E-state index in [-0.39, 0.29) is 0 Å². The van der Waals surface area contributed by atoms with Gasteiger partial charge in [0.05, 0.1) is 0 Å². The Balaban J connectivity index is 2.82. The molecule has 0 radical (unpaired) electrons. The minimum Gasteiger partial charge on any atom is -0.179 e. The van der Waals surface area contributed by atoms with Gasteiger partial charge in [-0.2, -0.15) is 12.6 Å². The van der Waals surface area contributed by atoms with Crippen LogP contribution in [0.4, 0.5) is 0 Å². The average Bonchev–Trinajstić information content (AvgIpc) is 2.29. The molecule has 0 nitrogen and oxygen atoms in total. The van der Waals surface area contributed by atoms with Gasteiger partial charge in [-0.1, -0.05) is 24.9 Å². The Morgan fingerprint density at radius 1 is 1.12 bits per heavy atom. The van der Waals surface area contributed by atoms with E-state index < -0.39 is 0 Å². The largest absolute Gasteiger partial charge is 0.179 e. The van der Waals surface area contributed by atoms with Crippen molar-refractivity contribution in [3.63, 3.8) is 0 Å². The summed E-state index contributed by atoms with van der Waals surface area (Å²) in [5.41, 5.74) is 2.70. The Labute approximate surface area is 121 Å². The Morgan fingerprint density at radius 3 is 2.53 bits per heavy atom. The van der Waals surface area contributed by atoms with Crippen LogP contribution in [0.2, 0.25) is 5.02 Å². The predicted octanol–water partition coefficient (Wildman–Crippen LogP) is 5.22. The summed E-state index contributed by atoms with van der Waals surface area (Å²) in [5, 5.41) is 0.878. The number of hydrogen-bond acceptors (Lipinski definition) is 2. The van der Waals surface area contributed by atoms with Crippen molar-refractivity contribution in [3.8, 4) is 0 Å². The molecule has 0 spiro atoms. The maximum atomic E-state index is 6.32. The standard InChI is InChI=1S/C14H21ClS2/c1-2-3-6-11-9-12(17)10-14(15)13(11)7-4-5-8-16/h9-10,16-17H,2-8H2,1H3. The monoisotopic (exact) mass is 288 g/mol. The molecular weight excluding hydrogens is 268 g/mol. The zero-order valence-electron chi connectivity index (χ0n) is 10.4. The number of thiol groups is 2. The second-order valence-electron chi connectivity index (χ2n) is 4.35. The van der Waals surface area contributed by atoms with E-state index in [0.29, 0.717) is 0 Å². The van der Waals surface area contributed by atoms with Crippen molar-refractivity contribution in [1.82, 2.24) is 0 Å². The molecule has 3 heteroatoms. The summed E-state index contributed by atoms with van der Waals surface area (Å²) in [6, 6.07) is 4.12. The molecule has 0 aliphatic heterocycles. The van der Waals surface area contributed by atoms with Crippen molar-refractivity contribution in [3.05, 3.63) is 28.3 Å². The lowest BCUT2D eigenvalue weighted by Gasteiger charge is -2.12. The molecule has 0 atom stereocenters. The first-order chi connectivity index (χ1) is 8.19. The first-order valence-corrected chi connectivity index (χ1v) is 7.76. The SMILES string of the molecule is CCCCc1cc(S)cc(Cl)c1CCCCS. The van der Waals surface area contributed by atoms with Gasteiger partial charge in [0.25, 0.3) is 0 Å². The van der Waals surface area contributed by atoms with Crippen LogP contribution in [0.25, 0.3) is 0 Å². The molecule has 0 unspecified atom stereocenters. The van der Waals surface area contributed by atoms with Crippen LogP contribution in [0.3, 0.4) is 0 Å². The van der Waals surface area contributed by atoms with Crippen molar-refractivity contribution in [2.75, 3.05) is 5.75 Å². The molecule has 0 fully saturated rings. The number of aryl methyl sites for hydroxylation is 1. The van der Waals surface area contributed by atoms with E-state index in [2.05, 4.69) is 38.2 Å². The molecule has 0 saturated heterocycles. The van der Waals surface area contributed by atoms with Crippen molar-refractivity contribution in [1.29, 1.82) is 0 Å². The highest BCUT2D eigenvalue weighted by Crippen LogP contribution is 2.27. The Hall–Kier alpha value is 0.210. The van der Waals surface area contributed by atoms with Gasteiger partial charge < -0.3 is 0 Å². The van der Waals surface area contributed by atoms with E-state index in [0.717, 1.165) is 41.4 Å². The molecule has 0 aliphatic rings. The lowest BCUT2D eigenvalue weighted by atomic mass is 9.98. The molecular formula is C14H21ClS2. The van der Waals surface area contributed by atoms with Crippen molar-refractivity contribution < 1.29 is 0 Å². The minimum atomic E-state index is 0.878. The van der Waals surface area contributed by atoms with Crippen LogP contribution < -0.4 is 0 Å². The molecule has 0 saturated carbocycles. The first kappa shape index (κ1) is 15.3. The third-order valence-electron chi connectivity index (χ3n) is 2.91. The van der Waals surface area contributed by atoms with Crippen molar-refractivity contribution >= 4 is 36.9 Å². The van der Waals surface area contributed by atoms with Crippen molar-refractivity contribution in [2.45, 2.75) is 50.3 Å². The highest BCUT2D eigenvalue weighted by molar-refractivity contribution is 7.80. The van der Waals surface area contributed by atoms with Crippen LogP contribution in [0.5, 0.6) is 0 Å². The summed E-state index contributed by atoms with van der Waals surface area (Å²) in [6.45, 7) is 2.22. The summed E-state index contributed by atoms with van der Waals surface area (Å²) in [5.74, 6) is 0.951. The normalized spacial score (nSPS) is 10.8. The number of benzene rings is 1. The Morgan fingerprint density at radius 2 is 1.88 bits per heavy atom. The fourth-order valence-corrected chi connectivity index (χ4v) is 2.88. The smallest absolute Gasteiger partial charge is 0.0451 e. The van der Waals surface area contributed by atoms with E-state index in [9.17, 15) is 0 Å². The topological polar surface area (TPSA) is 0 Å². The van der Waals surface area contributed by atoms with Crippen LogP contribution in [0.15, 0.2) is 17.0 Å². The maximum absolute atomic E-state index is 6.32. The van der Waals surface area contributed by atoms with Gasteiger partial charge in [-0.3, -0.25) is 0 Å². The zero-order chi connectivity index (χ0) is 12.7. The highest BCUT2D eigenvalue weighted by Gasteiger charge is 2.08. The number of unbranched alkanes of at least 4 members (excludes halogenated alkanes) is 2. The second-order valence-corrected chi connectivity index (χ2v) is 5.72. The van der Waals surface area contributed by atoms with Crippen molar-refractivity contribution in [2.24, 2.45) is 0 Å². The molecule has 0 bridgehead atoms. The molecule has 0 amide bonds. The fraction of sp³-hybridized carbons (Fsp3) is 0.571. The molecule has 0 aliphatic carbocycles. The van der Waals surface area contributed by atoms with Gasteiger partial charge in [-0.05, 0) is 61.1 Å². The maximum Gasteiger partial charge on any atom is 0.0451 e. The first-order valence-electron chi connectivity index (χ1n) is 6.30. The lowest BCUT2D eigenvalue weighted by Crippen LogP contribution is -1.97. The van der Waals surface area contributed by atoms with Gasteiger partial charge in [0.15, 0.2) is 0 Å². The molecule has 96 valence electrons. The predicted molar refractivity (Wildman–Crippen MR) is 84.1 cm³/mol. The molecule has 17 heavy (non-hydrogen) atoms. The van der Waals surface area contributed by atoms with E-state index in [4.69, 9.17) is 11.6 Å². The van der Waals surface area contributed by atoms with Crippen LogP contribution in [0.1, 0.15) is 43.7 Å². The Kier molecular flexibility index (Phi) is 7.49. The highest BCUT2D eigenvalue weighted by atomic mass is 35.5. The molecule has 1 aromatic carbocycles. The summed E-state index contributed by atoms with van der Waals surface area (Å²) < 4.78 is 0. The van der Waals surface area contributed by atoms with Gasteiger partial charge >= 0.3 is 0 Å². The fourth-order valence-electron chi connectivity index (χ4n) is 1.96. The number of halogens is 1. The quantitative estimate of drug-likeness (QED) is 0.498. The summed E-state index contributed by atoms with van der Waals surface area (Å²) >= 11 is 15.0. The van der Waals surface area contributed by atoms with E-state index in [1.165, 1.54) is 24.0 Å². The van der Waals surface area contributed by atoms with Crippen LogP contribution in [0, 0.1) is 0 Å². The summed E-state index contributed by atoms with van der Waals surface area (Å²) in [6.07, 6.45) is 6.91. The summed E-state index contributed by atoms with van der Waals surface area (Å²) in [4.78, 5) is 0.971. The van der Waals surface area contributed by atoms with Gasteiger partial charge in [0, 0.05) is 9.92 Å². The minimum absolute atomic E-state index is 0.878. The number of rotatable bonds is 7. The molecule has 1 rings (SSSR count). The average molecular weight is 289 g/mol. The van der Waals surface area contributed by atoms with Gasteiger partial charge in [0.2, 0.25) is 0 Å². The van der Waals surface area contributed by atoms with Crippen LogP contribution in [-0.4, -0.2) is 5.75 Å². The van der Waals surface area contributed by atoms with Gasteiger partial charge in [-0.15, -0.1) is 12.6 Å². The molecule has 1 aromatic rings. The van der Waals surface area contributed by atoms with Gasteiger partial charge in [0.1, 0.15) is 0 Å². The van der Waals surface area contributed by atoms with E-state index in [1.807, 2.05) is 6.07 Å². The molecule has 0 aromatic heterocycles. The number of hydrogen-bond donors (Lipinski definition) is 2. The third kappa shape index (κ3) is 5.15. The van der Waals surface area contributed by atoms with Gasteiger partial charge in [-0.25, -0.2) is 0 Å². The Bertz CT molecular complexity index is 350. The molecule has 0 heterocycles. The van der Waals surface area contributed by atoms with Crippen LogP contribution >= 0.6 is 36.9 Å². The van der Waals surface area contributed by atoms with E-state index >= 15 is 0 Å². The van der Waals surface area contributed by atoms with E-state index in [1.54, 1.807) is 0 Å². The zero-order valence-corrected chi connectivity index (χ0v) is 12.9. The second kappa shape index (κ2) is 8.34. The molecule has 0 N–H and O–H groups in total. The third-order valence-corrected chi connectivity index (χ3v) is 3.82. The lowest BCUT2D eigenvalue weighted by molar-refractivity contribution is 0.760. The summed E-state index contributed by atoms with van der Waals surface area (Å²) in [7, 11) is 0.